The highest BCUT2D eigenvalue weighted by Gasteiger charge is 2.27. The Balaban J connectivity index is 1.74. The molecular formula is C26H30N2O6S. The molecule has 8 nitrogen and oxygen atoms in total. The van der Waals surface area contributed by atoms with E-state index in [0.29, 0.717) is 42.5 Å². The van der Waals surface area contributed by atoms with Gasteiger partial charge in [-0.05, 0) is 67.4 Å². The zero-order valence-corrected chi connectivity index (χ0v) is 20.9. The van der Waals surface area contributed by atoms with Crippen molar-refractivity contribution < 1.29 is 27.4 Å². The molecule has 3 aromatic rings. The van der Waals surface area contributed by atoms with E-state index in [-0.39, 0.29) is 11.4 Å². The lowest BCUT2D eigenvalue weighted by atomic mass is 10.1. The van der Waals surface area contributed by atoms with Crippen LogP contribution in [0.1, 0.15) is 12.5 Å². The second-order valence-corrected chi connectivity index (χ2v) is 9.40. The average Bonchev–Trinajstić information content (AvgIpc) is 2.88. The van der Waals surface area contributed by atoms with E-state index in [1.807, 2.05) is 19.1 Å². The van der Waals surface area contributed by atoms with Crippen LogP contribution in [-0.2, 0) is 21.2 Å². The molecule has 0 atom stereocenters. The van der Waals surface area contributed by atoms with Crippen molar-refractivity contribution in [3.05, 3.63) is 78.4 Å². The van der Waals surface area contributed by atoms with Crippen LogP contribution in [0.5, 0.6) is 17.2 Å². The van der Waals surface area contributed by atoms with Gasteiger partial charge in [0.25, 0.3) is 10.0 Å². The maximum Gasteiger partial charge on any atom is 0.264 e. The monoisotopic (exact) mass is 498 g/mol. The van der Waals surface area contributed by atoms with Gasteiger partial charge in [0.05, 0.1) is 31.4 Å². The summed E-state index contributed by atoms with van der Waals surface area (Å²) in [6.45, 7) is 2.33. The summed E-state index contributed by atoms with van der Waals surface area (Å²) in [5.41, 5.74) is 1.32. The molecule has 1 N–H and O–H groups in total. The molecule has 0 radical (unpaired) electrons. The Kier molecular flexibility index (Phi) is 8.97. The highest BCUT2D eigenvalue weighted by atomic mass is 32.2. The van der Waals surface area contributed by atoms with Crippen molar-refractivity contribution >= 4 is 21.6 Å². The number of carbonyl (C=O) groups is 1. The van der Waals surface area contributed by atoms with E-state index >= 15 is 0 Å². The van der Waals surface area contributed by atoms with Crippen LogP contribution in [0.2, 0.25) is 0 Å². The van der Waals surface area contributed by atoms with Crippen LogP contribution in [0.25, 0.3) is 0 Å². The molecule has 9 heteroatoms. The Bertz CT molecular complexity index is 1210. The van der Waals surface area contributed by atoms with Gasteiger partial charge in [0.1, 0.15) is 12.3 Å². The fourth-order valence-corrected chi connectivity index (χ4v) is 4.92. The van der Waals surface area contributed by atoms with Crippen molar-refractivity contribution in [1.29, 1.82) is 0 Å². The van der Waals surface area contributed by atoms with Crippen molar-refractivity contribution in [3.8, 4) is 17.2 Å². The van der Waals surface area contributed by atoms with Gasteiger partial charge in [-0.1, -0.05) is 24.3 Å². The minimum absolute atomic E-state index is 0.104. The van der Waals surface area contributed by atoms with Gasteiger partial charge in [-0.3, -0.25) is 9.10 Å². The number of amides is 1. The molecule has 186 valence electrons. The maximum atomic E-state index is 13.4. The summed E-state index contributed by atoms with van der Waals surface area (Å²) in [6.07, 6.45) is 0.542. The molecule has 0 aliphatic carbocycles. The molecule has 0 bridgehead atoms. The van der Waals surface area contributed by atoms with Crippen LogP contribution in [0.3, 0.4) is 0 Å². The molecule has 0 unspecified atom stereocenters. The van der Waals surface area contributed by atoms with Gasteiger partial charge >= 0.3 is 0 Å². The molecule has 0 aromatic heterocycles. The van der Waals surface area contributed by atoms with E-state index in [4.69, 9.17) is 14.2 Å². The van der Waals surface area contributed by atoms with Crippen molar-refractivity contribution in [2.24, 2.45) is 0 Å². The van der Waals surface area contributed by atoms with Gasteiger partial charge in [-0.25, -0.2) is 8.42 Å². The molecule has 0 heterocycles. The Labute approximate surface area is 206 Å². The molecule has 0 spiro atoms. The lowest BCUT2D eigenvalue weighted by Gasteiger charge is -2.24. The lowest BCUT2D eigenvalue weighted by Crippen LogP contribution is -2.41. The second-order valence-electron chi connectivity index (χ2n) is 7.54. The smallest absolute Gasteiger partial charge is 0.264 e. The molecule has 0 aliphatic rings. The number of nitrogens with one attached hydrogen (secondary N) is 1. The van der Waals surface area contributed by atoms with E-state index in [2.05, 4.69) is 5.32 Å². The van der Waals surface area contributed by atoms with Crippen LogP contribution < -0.4 is 23.8 Å². The van der Waals surface area contributed by atoms with Crippen molar-refractivity contribution in [2.75, 3.05) is 38.2 Å². The molecular weight excluding hydrogens is 468 g/mol. The second kappa shape index (κ2) is 12.1. The molecule has 35 heavy (non-hydrogen) atoms. The summed E-state index contributed by atoms with van der Waals surface area (Å²) in [5, 5.41) is 2.81. The summed E-state index contributed by atoms with van der Waals surface area (Å²) in [5.74, 6) is 1.43. The Morgan fingerprint density at radius 3 is 2.23 bits per heavy atom. The lowest BCUT2D eigenvalue weighted by molar-refractivity contribution is -0.119. The van der Waals surface area contributed by atoms with E-state index in [1.165, 1.54) is 12.1 Å². The highest BCUT2D eigenvalue weighted by molar-refractivity contribution is 7.92. The molecule has 0 saturated heterocycles. The first-order chi connectivity index (χ1) is 16.9. The Morgan fingerprint density at radius 1 is 0.914 bits per heavy atom. The summed E-state index contributed by atoms with van der Waals surface area (Å²) < 4.78 is 43.9. The summed E-state index contributed by atoms with van der Waals surface area (Å²) >= 11 is 0. The minimum Gasteiger partial charge on any atom is -0.494 e. The molecule has 0 fully saturated rings. The van der Waals surface area contributed by atoms with Gasteiger partial charge in [0.15, 0.2) is 11.5 Å². The third-order valence-electron chi connectivity index (χ3n) is 5.24. The number of hydrogen-bond acceptors (Lipinski definition) is 6. The Morgan fingerprint density at radius 2 is 1.60 bits per heavy atom. The first-order valence-corrected chi connectivity index (χ1v) is 12.6. The van der Waals surface area contributed by atoms with Crippen molar-refractivity contribution in [1.82, 2.24) is 5.32 Å². The van der Waals surface area contributed by atoms with E-state index in [1.54, 1.807) is 62.8 Å². The largest absolute Gasteiger partial charge is 0.494 e. The number of carbonyl (C=O) groups excluding carboxylic acids is 1. The number of hydrogen-bond donors (Lipinski definition) is 1. The number of methoxy groups -OCH3 is 2. The van der Waals surface area contributed by atoms with Gasteiger partial charge in [-0.2, -0.15) is 0 Å². The number of ether oxygens (including phenoxy) is 3. The fraction of sp³-hybridized carbons (Fsp3) is 0.269. The topological polar surface area (TPSA) is 94.2 Å². The van der Waals surface area contributed by atoms with Gasteiger partial charge < -0.3 is 19.5 Å². The molecule has 0 aliphatic heterocycles. The quantitative estimate of drug-likeness (QED) is 0.410. The molecule has 1 amide bonds. The summed E-state index contributed by atoms with van der Waals surface area (Å²) in [7, 11) is -0.839. The van der Waals surface area contributed by atoms with Crippen LogP contribution in [0.4, 0.5) is 5.69 Å². The first kappa shape index (κ1) is 25.9. The normalized spacial score (nSPS) is 10.9. The van der Waals surface area contributed by atoms with Gasteiger partial charge in [0.2, 0.25) is 5.91 Å². The Hall–Kier alpha value is -3.72. The fourth-order valence-electron chi connectivity index (χ4n) is 3.48. The van der Waals surface area contributed by atoms with E-state index < -0.39 is 15.9 Å². The van der Waals surface area contributed by atoms with Crippen LogP contribution in [0, 0.1) is 0 Å². The van der Waals surface area contributed by atoms with Gasteiger partial charge in [-0.15, -0.1) is 0 Å². The highest BCUT2D eigenvalue weighted by Crippen LogP contribution is 2.28. The van der Waals surface area contributed by atoms with Crippen LogP contribution >= 0.6 is 0 Å². The third-order valence-corrected chi connectivity index (χ3v) is 7.03. The molecule has 3 aromatic carbocycles. The molecule has 0 saturated carbocycles. The van der Waals surface area contributed by atoms with Crippen molar-refractivity contribution in [3.63, 3.8) is 0 Å². The van der Waals surface area contributed by atoms with E-state index in [9.17, 15) is 13.2 Å². The number of benzene rings is 3. The maximum absolute atomic E-state index is 13.4. The number of nitrogens with zero attached hydrogens (tertiary/aromatic N) is 1. The van der Waals surface area contributed by atoms with Crippen LogP contribution in [-0.4, -0.2) is 48.2 Å². The number of rotatable bonds is 12. The zero-order valence-electron chi connectivity index (χ0n) is 20.1. The average molecular weight is 499 g/mol. The first-order valence-electron chi connectivity index (χ1n) is 11.2. The standard InChI is InChI=1S/C26H30N2O6S/c1-4-34-22-13-11-21(12-14-22)28(35(30,31)23-8-6-5-7-9-23)19-26(29)27-17-16-20-10-15-24(32-2)25(18-20)33-3/h5-15,18H,4,16-17,19H2,1-3H3,(H,27,29). The predicted octanol–water partition coefficient (Wildman–Crippen LogP) is 3.66. The summed E-state index contributed by atoms with van der Waals surface area (Å²) in [6, 6.07) is 20.2. The number of anilines is 1. The van der Waals surface area contributed by atoms with Crippen LogP contribution in [0.15, 0.2) is 77.7 Å². The van der Waals surface area contributed by atoms with Gasteiger partial charge in [0, 0.05) is 6.54 Å². The van der Waals surface area contributed by atoms with E-state index in [0.717, 1.165) is 9.87 Å². The SMILES string of the molecule is CCOc1ccc(N(CC(=O)NCCc2ccc(OC)c(OC)c2)S(=O)(=O)c2ccccc2)cc1. The minimum atomic E-state index is -3.97. The number of sulfonamides is 1. The predicted molar refractivity (Wildman–Crippen MR) is 135 cm³/mol. The third kappa shape index (κ3) is 6.66. The summed E-state index contributed by atoms with van der Waals surface area (Å²) in [4.78, 5) is 12.9. The van der Waals surface area contributed by atoms with Crippen molar-refractivity contribution in [2.45, 2.75) is 18.2 Å². The zero-order chi connectivity index (χ0) is 25.3. The molecule has 3 rings (SSSR count).